The third kappa shape index (κ3) is 10.3. The Morgan fingerprint density at radius 1 is 0.873 bits per heavy atom. The number of fused-ring (bicyclic) bond motifs is 5. The van der Waals surface area contributed by atoms with Gasteiger partial charge in [-0.1, -0.05) is 36.4 Å². The Morgan fingerprint density at radius 3 is 1.80 bits per heavy atom. The van der Waals surface area contributed by atoms with Crippen molar-refractivity contribution in [3.8, 4) is 11.5 Å². The number of alkyl carbamates (subject to hydrolysis) is 1. The second-order valence-corrected chi connectivity index (χ2v) is 15.6. The predicted octanol–water partition coefficient (Wildman–Crippen LogP) is 4.34. The molecule has 55 heavy (non-hydrogen) atoms. The molecule has 6 unspecified atom stereocenters. The smallest absolute Gasteiger partial charge is 0.407 e. The quantitative estimate of drug-likeness (QED) is 0.148. The minimum absolute atomic E-state index is 0.0578. The summed E-state index contributed by atoms with van der Waals surface area (Å²) in [4.78, 5) is 74.8. The van der Waals surface area contributed by atoms with Gasteiger partial charge >= 0.3 is 12.2 Å². The van der Waals surface area contributed by atoms with Gasteiger partial charge in [0.05, 0.1) is 47.8 Å². The first-order chi connectivity index (χ1) is 25.8. The van der Waals surface area contributed by atoms with Crippen molar-refractivity contribution >= 4 is 36.6 Å². The lowest BCUT2D eigenvalue weighted by Gasteiger charge is -2.34. The number of β-amino-alcohol motifs (C(OH)–C–C–N with tert-alkyl or cyclic N) is 1. The maximum atomic E-state index is 13.2. The fourth-order valence-electron chi connectivity index (χ4n) is 6.56. The van der Waals surface area contributed by atoms with Crippen LogP contribution in [0.2, 0.25) is 0 Å². The van der Waals surface area contributed by atoms with E-state index >= 15 is 0 Å². The second kappa shape index (κ2) is 17.5. The zero-order valence-corrected chi connectivity index (χ0v) is 32.4. The van der Waals surface area contributed by atoms with Crippen molar-refractivity contribution in [3.63, 3.8) is 0 Å². The van der Waals surface area contributed by atoms with Gasteiger partial charge in [-0.2, -0.15) is 0 Å². The molecule has 6 atom stereocenters. The molecule has 0 radical (unpaired) electrons. The predicted molar refractivity (Wildman–Crippen MR) is 199 cm³/mol. The van der Waals surface area contributed by atoms with Gasteiger partial charge in [0.2, 0.25) is 11.8 Å². The molecule has 5 rings (SSSR count). The third-order valence-corrected chi connectivity index (χ3v) is 9.29. The first-order valence-electron chi connectivity index (χ1n) is 18.0. The molecule has 3 aliphatic rings. The molecule has 3 heterocycles. The zero-order chi connectivity index (χ0) is 40.8. The number of imide groups is 1. The fourth-order valence-corrected chi connectivity index (χ4v) is 6.56. The first-order valence-corrected chi connectivity index (χ1v) is 18.0. The van der Waals surface area contributed by atoms with Crippen LogP contribution in [0.15, 0.2) is 48.6 Å². The van der Waals surface area contributed by atoms with E-state index in [1.165, 1.54) is 4.90 Å². The minimum Gasteiger partial charge on any atom is -0.491 e. The number of carbonyl (C=O) groups is 6. The summed E-state index contributed by atoms with van der Waals surface area (Å²) >= 11 is 0. The van der Waals surface area contributed by atoms with Gasteiger partial charge in [0, 0.05) is 12.1 Å². The number of hydrogen-bond donors (Lipinski definition) is 3. The molecule has 15 heteroatoms. The molecule has 298 valence electrons. The summed E-state index contributed by atoms with van der Waals surface area (Å²) in [6, 6.07) is 9.58. The normalized spacial score (nSPS) is 20.9. The number of ether oxygens (including phenoxy) is 4. The topological polar surface area (TPSA) is 198 Å². The van der Waals surface area contributed by atoms with Crippen molar-refractivity contribution in [3.05, 3.63) is 70.8 Å². The molecule has 2 fully saturated rings. The Bertz CT molecular complexity index is 1770. The highest BCUT2D eigenvalue weighted by molar-refractivity contribution is 6.07. The van der Waals surface area contributed by atoms with Gasteiger partial charge in [-0.15, -0.1) is 0 Å². The second-order valence-electron chi connectivity index (χ2n) is 15.6. The number of amides is 4. The van der Waals surface area contributed by atoms with Crippen molar-refractivity contribution in [1.82, 2.24) is 15.1 Å². The lowest BCUT2D eigenvalue weighted by Crippen LogP contribution is -2.51. The van der Waals surface area contributed by atoms with Crippen LogP contribution >= 0.6 is 0 Å². The lowest BCUT2D eigenvalue weighted by atomic mass is 9.85. The number of aryl methyl sites for hydroxylation is 2. The van der Waals surface area contributed by atoms with E-state index in [0.29, 0.717) is 35.2 Å². The number of carbonyl (C=O) groups excluding carboxylic acids is 5. The number of aldehydes is 2. The SMILES string of the molecule is Cc1cccc(OCC(CNC(=O)OC(C)(C)C)N2C(=O)C3C4C=CC(O4)C3C2=O)c1C=O.Cc1cccc(OCC(O)CN(C(=O)O)C(C)(C)C)c1C=O. The van der Waals surface area contributed by atoms with Crippen molar-refractivity contribution < 1.29 is 57.9 Å². The highest BCUT2D eigenvalue weighted by Gasteiger charge is 2.61. The molecule has 2 saturated heterocycles. The molecule has 0 spiro atoms. The number of benzene rings is 2. The van der Waals surface area contributed by atoms with Crippen molar-refractivity contribution in [2.24, 2.45) is 11.8 Å². The van der Waals surface area contributed by atoms with E-state index in [9.17, 15) is 39.0 Å². The lowest BCUT2D eigenvalue weighted by molar-refractivity contribution is -0.145. The Kier molecular flexibility index (Phi) is 13.5. The molecule has 15 nitrogen and oxygen atoms in total. The van der Waals surface area contributed by atoms with Crippen LogP contribution in [0, 0.1) is 25.7 Å². The van der Waals surface area contributed by atoms with Crippen molar-refractivity contribution in [2.45, 2.75) is 90.9 Å². The molecule has 2 aromatic rings. The molecule has 0 saturated carbocycles. The number of hydrogen-bond acceptors (Lipinski definition) is 11. The minimum atomic E-state index is -1.10. The van der Waals surface area contributed by atoms with E-state index in [4.69, 9.17) is 18.9 Å². The van der Waals surface area contributed by atoms with E-state index in [1.807, 2.05) is 12.2 Å². The van der Waals surface area contributed by atoms with Crippen LogP contribution in [-0.4, -0.2) is 118 Å². The first kappa shape index (κ1) is 42.5. The maximum Gasteiger partial charge on any atom is 0.407 e. The molecule has 4 amide bonds. The Balaban J connectivity index is 0.000000267. The van der Waals surface area contributed by atoms with Crippen LogP contribution in [0.3, 0.4) is 0 Å². The van der Waals surface area contributed by atoms with Gasteiger partial charge in [0.25, 0.3) is 0 Å². The molecule has 0 aromatic heterocycles. The number of aliphatic hydroxyl groups excluding tert-OH is 1. The molecule has 3 N–H and O–H groups in total. The highest BCUT2D eigenvalue weighted by Crippen LogP contribution is 2.45. The van der Waals surface area contributed by atoms with Crippen LogP contribution < -0.4 is 14.8 Å². The summed E-state index contributed by atoms with van der Waals surface area (Å²) in [5, 5.41) is 21.8. The third-order valence-electron chi connectivity index (χ3n) is 9.29. The number of carboxylic acid groups (broad SMARTS) is 1. The molecule has 2 aromatic carbocycles. The van der Waals surface area contributed by atoms with Crippen LogP contribution in [-0.2, 0) is 19.1 Å². The number of nitrogens with zero attached hydrogens (tertiary/aromatic N) is 2. The summed E-state index contributed by atoms with van der Waals surface area (Å²) in [5.41, 5.74) is 1.03. The highest BCUT2D eigenvalue weighted by atomic mass is 16.6. The van der Waals surface area contributed by atoms with E-state index in [0.717, 1.165) is 16.0 Å². The molecule has 2 bridgehead atoms. The number of aliphatic hydroxyl groups is 1. The average Bonchev–Trinajstić information content (AvgIpc) is 3.79. The van der Waals surface area contributed by atoms with Crippen LogP contribution in [0.25, 0.3) is 0 Å². The number of rotatable bonds is 13. The molecule has 0 aliphatic carbocycles. The molecular formula is C40H51N3O12. The number of likely N-dealkylation sites (tertiary alicyclic amines) is 1. The zero-order valence-electron chi connectivity index (χ0n) is 32.4. The fraction of sp³-hybridized carbons (Fsp3) is 0.500. The van der Waals surface area contributed by atoms with E-state index in [1.54, 1.807) is 91.8 Å². The maximum absolute atomic E-state index is 13.2. The summed E-state index contributed by atoms with van der Waals surface area (Å²) in [5.74, 6) is -1.10. The van der Waals surface area contributed by atoms with Crippen molar-refractivity contribution in [2.75, 3.05) is 26.3 Å². The standard InChI is InChI=1S/C24H28N2O7.C16H23NO5/c1-13-6-5-7-16(15(13)11-27)31-12-14(10-25-23(30)33-24(2,3)4)26-21(28)19-17-8-9-18(32-17)20(19)22(26)29;1-11-6-5-7-14(13(11)9-18)22-10-12(19)8-17(15(20)21)16(2,3)4/h5-9,11,14,17-20H,10,12H2,1-4H3,(H,25,30);5-7,9,12,19H,8,10H2,1-4H3,(H,20,21). The molecular weight excluding hydrogens is 714 g/mol. The van der Waals surface area contributed by atoms with Crippen LogP contribution in [0.1, 0.15) is 73.4 Å². The van der Waals surface area contributed by atoms with Gasteiger partial charge in [-0.05, 0) is 78.6 Å². The van der Waals surface area contributed by atoms with E-state index in [2.05, 4.69) is 5.32 Å². The van der Waals surface area contributed by atoms with Gasteiger partial charge in [0.1, 0.15) is 36.4 Å². The molecule has 3 aliphatic heterocycles. The Morgan fingerprint density at radius 2 is 1.36 bits per heavy atom. The van der Waals surface area contributed by atoms with Crippen LogP contribution in [0.4, 0.5) is 9.59 Å². The van der Waals surface area contributed by atoms with Gasteiger partial charge < -0.3 is 39.4 Å². The number of nitrogens with one attached hydrogen (secondary N) is 1. The summed E-state index contributed by atoms with van der Waals surface area (Å²) < 4.78 is 22.3. The monoisotopic (exact) mass is 765 g/mol. The Hall–Kier alpha value is -5.28. The van der Waals surface area contributed by atoms with Gasteiger partial charge in [-0.3, -0.25) is 24.1 Å². The van der Waals surface area contributed by atoms with Gasteiger partial charge in [0.15, 0.2) is 12.6 Å². The van der Waals surface area contributed by atoms with Crippen molar-refractivity contribution in [1.29, 1.82) is 0 Å². The Labute approximate surface area is 320 Å². The summed E-state index contributed by atoms with van der Waals surface area (Å²) in [6.45, 7) is 13.7. The van der Waals surface area contributed by atoms with Gasteiger partial charge in [-0.25, -0.2) is 9.59 Å². The van der Waals surface area contributed by atoms with E-state index < -0.39 is 59.5 Å². The summed E-state index contributed by atoms with van der Waals surface area (Å²) in [7, 11) is 0. The van der Waals surface area contributed by atoms with E-state index in [-0.39, 0.29) is 38.1 Å². The van der Waals surface area contributed by atoms with Crippen LogP contribution in [0.5, 0.6) is 11.5 Å². The largest absolute Gasteiger partial charge is 0.491 e. The summed E-state index contributed by atoms with van der Waals surface area (Å²) in [6.07, 6.45) is 1.45. The average molecular weight is 766 g/mol.